The zero-order chi connectivity index (χ0) is 18.2. The van der Waals surface area contributed by atoms with Crippen LogP contribution in [-0.2, 0) is 13.2 Å². The van der Waals surface area contributed by atoms with E-state index >= 15 is 0 Å². The van der Waals surface area contributed by atoms with Gasteiger partial charge in [0.2, 0.25) is 0 Å². The highest BCUT2D eigenvalue weighted by Gasteiger charge is 2.11. The molecule has 0 radical (unpaired) electrons. The summed E-state index contributed by atoms with van der Waals surface area (Å²) in [6, 6.07) is 17.6. The lowest BCUT2D eigenvalue weighted by molar-refractivity contribution is 0.288. The first-order valence-corrected chi connectivity index (χ1v) is 9.77. The number of ether oxygens (including phenoxy) is 1. The number of nitrogens with zero attached hydrogens (tertiary/aromatic N) is 3. The fourth-order valence-electron chi connectivity index (χ4n) is 2.40. The van der Waals surface area contributed by atoms with Crippen LogP contribution in [0.5, 0.6) is 5.75 Å². The molecule has 0 bridgehead atoms. The van der Waals surface area contributed by atoms with E-state index in [1.807, 2.05) is 42.5 Å². The summed E-state index contributed by atoms with van der Waals surface area (Å²) in [5.41, 5.74) is 1.20. The molecule has 2 aromatic carbocycles. The first-order valence-electron chi connectivity index (χ1n) is 8.41. The third-order valence-electron chi connectivity index (χ3n) is 3.71. The van der Waals surface area contributed by atoms with Crippen molar-refractivity contribution in [2.24, 2.45) is 0 Å². The summed E-state index contributed by atoms with van der Waals surface area (Å²) in [5, 5.41) is 10.2. The standard InChI is InChI=1S/C20H20ClN3OS/c1-2-24-19(15-25-18-12-10-17(21)11-13-18)22-23-20(24)26-14-6-9-16-7-4-3-5-8-16/h3-13H,2,14-15H2,1H3/b9-6+. The van der Waals surface area contributed by atoms with Crippen LogP contribution in [0.3, 0.4) is 0 Å². The molecule has 0 N–H and O–H groups in total. The third kappa shape index (κ3) is 5.13. The van der Waals surface area contributed by atoms with Gasteiger partial charge in [0.05, 0.1) is 0 Å². The van der Waals surface area contributed by atoms with Crippen LogP contribution in [0.2, 0.25) is 5.02 Å². The van der Waals surface area contributed by atoms with E-state index in [2.05, 4.69) is 46.0 Å². The second kappa shape index (κ2) is 9.46. The summed E-state index contributed by atoms with van der Waals surface area (Å²) >= 11 is 7.55. The average molecular weight is 386 g/mol. The van der Waals surface area contributed by atoms with Crippen LogP contribution in [0.1, 0.15) is 18.3 Å². The van der Waals surface area contributed by atoms with Crippen LogP contribution < -0.4 is 4.74 Å². The summed E-state index contributed by atoms with van der Waals surface area (Å²) in [5.74, 6) is 2.42. The fraction of sp³-hybridized carbons (Fsp3) is 0.200. The molecule has 0 saturated carbocycles. The minimum atomic E-state index is 0.378. The second-order valence-electron chi connectivity index (χ2n) is 5.51. The molecule has 0 unspecified atom stereocenters. The Hall–Kier alpha value is -2.24. The Balaban J connectivity index is 1.57. The van der Waals surface area contributed by atoms with Gasteiger partial charge in [-0.1, -0.05) is 65.8 Å². The van der Waals surface area contributed by atoms with Crippen molar-refractivity contribution in [1.29, 1.82) is 0 Å². The minimum absolute atomic E-state index is 0.378. The van der Waals surface area contributed by atoms with Gasteiger partial charge in [0, 0.05) is 17.3 Å². The Labute approximate surface area is 162 Å². The van der Waals surface area contributed by atoms with Crippen molar-refractivity contribution in [3.63, 3.8) is 0 Å². The van der Waals surface area contributed by atoms with Gasteiger partial charge in [-0.25, -0.2) is 0 Å². The number of hydrogen-bond acceptors (Lipinski definition) is 4. The number of aromatic nitrogens is 3. The molecule has 0 spiro atoms. The highest BCUT2D eigenvalue weighted by molar-refractivity contribution is 7.99. The van der Waals surface area contributed by atoms with E-state index in [1.165, 1.54) is 5.56 Å². The smallest absolute Gasteiger partial charge is 0.191 e. The summed E-state index contributed by atoms with van der Waals surface area (Å²) in [6.07, 6.45) is 4.25. The molecule has 6 heteroatoms. The molecular weight excluding hydrogens is 366 g/mol. The molecular formula is C20H20ClN3OS. The number of thioether (sulfide) groups is 1. The van der Waals surface area contributed by atoms with Crippen molar-refractivity contribution < 1.29 is 4.74 Å². The van der Waals surface area contributed by atoms with Gasteiger partial charge in [-0.15, -0.1) is 10.2 Å². The summed E-state index contributed by atoms with van der Waals surface area (Å²) in [4.78, 5) is 0. The van der Waals surface area contributed by atoms with E-state index in [9.17, 15) is 0 Å². The maximum Gasteiger partial charge on any atom is 0.191 e. The van der Waals surface area contributed by atoms with E-state index in [4.69, 9.17) is 16.3 Å². The van der Waals surface area contributed by atoms with Crippen LogP contribution in [0.4, 0.5) is 0 Å². The topological polar surface area (TPSA) is 39.9 Å². The summed E-state index contributed by atoms with van der Waals surface area (Å²) in [6.45, 7) is 3.26. The summed E-state index contributed by atoms with van der Waals surface area (Å²) < 4.78 is 7.86. The predicted molar refractivity (Wildman–Crippen MR) is 108 cm³/mol. The average Bonchev–Trinajstić information content (AvgIpc) is 3.07. The largest absolute Gasteiger partial charge is 0.486 e. The molecule has 1 heterocycles. The molecule has 0 atom stereocenters. The SMILES string of the molecule is CCn1c(COc2ccc(Cl)cc2)nnc1SC/C=C/c1ccccc1. The first kappa shape index (κ1) is 18.5. The zero-order valence-electron chi connectivity index (χ0n) is 14.5. The van der Waals surface area contributed by atoms with Gasteiger partial charge < -0.3 is 9.30 Å². The molecule has 26 heavy (non-hydrogen) atoms. The van der Waals surface area contributed by atoms with Crippen LogP contribution in [0.15, 0.2) is 65.8 Å². The van der Waals surface area contributed by atoms with Gasteiger partial charge in [-0.2, -0.15) is 0 Å². The Kier molecular flexibility index (Phi) is 6.75. The van der Waals surface area contributed by atoms with Crippen molar-refractivity contribution in [3.05, 3.63) is 77.1 Å². The van der Waals surface area contributed by atoms with Crippen molar-refractivity contribution in [3.8, 4) is 5.75 Å². The minimum Gasteiger partial charge on any atom is -0.486 e. The Morgan fingerprint density at radius 3 is 2.58 bits per heavy atom. The van der Waals surface area contributed by atoms with Crippen molar-refractivity contribution in [2.45, 2.75) is 25.2 Å². The number of benzene rings is 2. The van der Waals surface area contributed by atoms with Gasteiger partial charge in [-0.05, 0) is 36.8 Å². The van der Waals surface area contributed by atoms with Crippen LogP contribution in [0.25, 0.3) is 6.08 Å². The van der Waals surface area contributed by atoms with Crippen LogP contribution in [0, 0.1) is 0 Å². The van der Waals surface area contributed by atoms with E-state index in [0.29, 0.717) is 11.6 Å². The highest BCUT2D eigenvalue weighted by Crippen LogP contribution is 2.20. The molecule has 0 saturated heterocycles. The van der Waals surface area contributed by atoms with Gasteiger partial charge >= 0.3 is 0 Å². The van der Waals surface area contributed by atoms with Crippen LogP contribution in [-0.4, -0.2) is 20.5 Å². The lowest BCUT2D eigenvalue weighted by Gasteiger charge is -2.08. The van der Waals surface area contributed by atoms with Gasteiger partial charge in [0.1, 0.15) is 12.4 Å². The van der Waals surface area contributed by atoms with Crippen molar-refractivity contribution >= 4 is 29.4 Å². The Morgan fingerprint density at radius 1 is 1.08 bits per heavy atom. The number of hydrogen-bond donors (Lipinski definition) is 0. The molecule has 3 rings (SSSR count). The lowest BCUT2D eigenvalue weighted by Crippen LogP contribution is -2.07. The molecule has 0 amide bonds. The summed E-state index contributed by atoms with van der Waals surface area (Å²) in [7, 11) is 0. The maximum atomic E-state index is 5.89. The number of rotatable bonds is 8. The third-order valence-corrected chi connectivity index (χ3v) is 4.88. The molecule has 0 fully saturated rings. The van der Waals surface area contributed by atoms with Crippen molar-refractivity contribution in [2.75, 3.05) is 5.75 Å². The molecule has 3 aromatic rings. The monoisotopic (exact) mass is 385 g/mol. The Morgan fingerprint density at radius 2 is 1.85 bits per heavy atom. The molecule has 0 aliphatic carbocycles. The van der Waals surface area contributed by atoms with E-state index in [-0.39, 0.29) is 0 Å². The highest BCUT2D eigenvalue weighted by atomic mass is 35.5. The molecule has 134 valence electrons. The number of halogens is 1. The molecule has 0 aliphatic rings. The molecule has 0 aliphatic heterocycles. The van der Waals surface area contributed by atoms with Gasteiger partial charge in [0.15, 0.2) is 11.0 Å². The normalized spacial score (nSPS) is 11.2. The Bertz CT molecular complexity index is 847. The molecule has 1 aromatic heterocycles. The zero-order valence-corrected chi connectivity index (χ0v) is 16.1. The fourth-order valence-corrected chi connectivity index (χ4v) is 3.36. The van der Waals surface area contributed by atoms with E-state index in [1.54, 1.807) is 11.8 Å². The van der Waals surface area contributed by atoms with E-state index < -0.39 is 0 Å². The first-order chi connectivity index (χ1) is 12.8. The molecule has 4 nitrogen and oxygen atoms in total. The maximum absolute atomic E-state index is 5.89. The van der Waals surface area contributed by atoms with Crippen molar-refractivity contribution in [1.82, 2.24) is 14.8 Å². The second-order valence-corrected chi connectivity index (χ2v) is 6.93. The van der Waals surface area contributed by atoms with Gasteiger partial charge in [-0.3, -0.25) is 0 Å². The van der Waals surface area contributed by atoms with E-state index in [0.717, 1.165) is 29.0 Å². The lowest BCUT2D eigenvalue weighted by atomic mass is 10.2. The van der Waals surface area contributed by atoms with Gasteiger partial charge in [0.25, 0.3) is 0 Å². The quantitative estimate of drug-likeness (QED) is 0.491. The predicted octanol–water partition coefficient (Wildman–Crippen LogP) is 5.34. The van der Waals surface area contributed by atoms with Crippen LogP contribution >= 0.6 is 23.4 Å².